The summed E-state index contributed by atoms with van der Waals surface area (Å²) in [5.74, 6) is 0. The fourth-order valence-electron chi connectivity index (χ4n) is 29.6. The van der Waals surface area contributed by atoms with Crippen LogP contribution in [0.2, 0.25) is 0 Å². The van der Waals surface area contributed by atoms with Crippen molar-refractivity contribution in [3.8, 4) is 0 Å². The second-order valence-electron chi connectivity index (χ2n) is 25.0. The van der Waals surface area contributed by atoms with Crippen molar-refractivity contribution in [3.05, 3.63) is 0 Å². The molecule has 0 aromatic heterocycles. The summed E-state index contributed by atoms with van der Waals surface area (Å²) in [4.78, 5) is 0. The lowest BCUT2D eigenvalue weighted by molar-refractivity contribution is -0.515. The highest BCUT2D eigenvalue weighted by molar-refractivity contribution is 5.88. The maximum Gasteiger partial charge on any atom is 0.397 e. The van der Waals surface area contributed by atoms with E-state index in [2.05, 4.69) is 0 Å². The van der Waals surface area contributed by atoms with E-state index in [1.54, 1.807) is 0 Å². The summed E-state index contributed by atoms with van der Waals surface area (Å²) in [5, 5.41) is 0. The van der Waals surface area contributed by atoms with Crippen molar-refractivity contribution >= 4 is 0 Å². The Kier molecular flexibility index (Phi) is 11.5. The Labute approximate surface area is 496 Å². The van der Waals surface area contributed by atoms with Gasteiger partial charge in [-0.05, 0) is 0 Å². The van der Waals surface area contributed by atoms with Crippen LogP contribution in [-0.4, -0.2) is 124 Å². The molecule has 0 spiro atoms. The molecule has 0 N–H and O–H groups in total. The maximum atomic E-state index is 18.1. The molecule has 0 bridgehead atoms. The van der Waals surface area contributed by atoms with Crippen molar-refractivity contribution < 1.29 is 263 Å². The van der Waals surface area contributed by atoms with Crippen molar-refractivity contribution in [2.24, 2.45) is 108 Å². The first-order valence-corrected chi connectivity index (χ1v) is 23.8. The van der Waals surface area contributed by atoms with Gasteiger partial charge in [0.2, 0.25) is 0 Å². The average Bonchev–Trinajstić information content (AvgIpc) is 1.25. The zero-order chi connectivity index (χ0) is 80.0. The molecule has 0 amide bonds. The molecule has 12 rings (SSSR count). The van der Waals surface area contributed by atoms with E-state index in [9.17, 15) is 0 Å². The SMILES string of the molecule is FC(F)(F)C12C3(C(F)(F)F)C4(C(F)(F)F)C5(C(F)(F)F)C1(C(F)(F)F)C1(C(F)(F)F)C6(C(F)(F)F)C2(C(F)(F)F)C2(C(F)(F)F)C3(C(F)(F)F)C3(C(F)(F)F)C4(C(F)(F)F)C4(C(F)(F)F)C5(C(F)(F)F)C1(C(F)(F)F)C1(C(F)(F)F)C6(C(F)(F)F)C2(C(F)(F)F)C3(C(F)(F)F)C41C(F)(F)F. The lowest BCUT2D eigenvalue weighted by Gasteiger charge is -2.66. The minimum absolute atomic E-state index is 13.3. The van der Waals surface area contributed by atoms with Crippen LogP contribution in [0.1, 0.15) is 0 Å². The second kappa shape index (κ2) is 15.0. The van der Waals surface area contributed by atoms with Crippen LogP contribution in [0, 0.1) is 108 Å². The summed E-state index contributed by atoms with van der Waals surface area (Å²) < 4.78 is 1090. The van der Waals surface area contributed by atoms with E-state index in [-0.39, 0.29) is 0 Å². The monoisotopic (exact) mass is 1620 g/mol. The van der Waals surface area contributed by atoms with Crippen molar-refractivity contribution in [2.75, 3.05) is 0 Å². The summed E-state index contributed by atoms with van der Waals surface area (Å²) in [5.41, 5.74) is -292. The smallest absolute Gasteiger partial charge is 0.170 e. The van der Waals surface area contributed by atoms with Gasteiger partial charge < -0.3 is 0 Å². The van der Waals surface area contributed by atoms with E-state index >= 15 is 263 Å². The fraction of sp³-hybridized carbons (Fsp3) is 1.00. The van der Waals surface area contributed by atoms with Crippen molar-refractivity contribution in [3.63, 3.8) is 0 Å². The normalized spacial score (nSPS) is 49.8. The molecule has 0 saturated heterocycles. The largest absolute Gasteiger partial charge is 0.397 e. The molecule has 0 aromatic carbocycles. The van der Waals surface area contributed by atoms with Crippen molar-refractivity contribution in [2.45, 2.75) is 124 Å². The summed E-state index contributed by atoms with van der Waals surface area (Å²) in [7, 11) is 0. The molecule has 0 atom stereocenters. The number of hydrogen-bond donors (Lipinski definition) is 0. The van der Waals surface area contributed by atoms with Crippen LogP contribution in [0.3, 0.4) is 0 Å². The van der Waals surface area contributed by atoms with Gasteiger partial charge in [-0.1, -0.05) is 0 Å². The van der Waals surface area contributed by atoms with Crippen LogP contribution in [-0.2, 0) is 0 Å². The Bertz CT molecular complexity index is 2470. The first-order valence-electron chi connectivity index (χ1n) is 23.8. The quantitative estimate of drug-likeness (QED) is 0.212. The molecule has 580 valence electrons. The molecule has 0 heterocycles. The third kappa shape index (κ3) is 4.06. The zero-order valence-corrected chi connectivity index (χ0v) is 42.7. The maximum absolute atomic E-state index is 18.1. The van der Waals surface area contributed by atoms with Gasteiger partial charge in [0.05, 0.1) is 0 Å². The van der Waals surface area contributed by atoms with Crippen LogP contribution in [0.4, 0.5) is 263 Å². The van der Waals surface area contributed by atoms with E-state index in [1.165, 1.54) is 0 Å². The van der Waals surface area contributed by atoms with Crippen LogP contribution in [0.5, 0.6) is 0 Å². The Morgan fingerprint density at radius 3 is 0.0900 bits per heavy atom. The number of rotatable bonds is 0. The van der Waals surface area contributed by atoms with E-state index in [0.29, 0.717) is 0 Å². The average molecular weight is 1620 g/mol. The van der Waals surface area contributed by atoms with Gasteiger partial charge in [-0.25, -0.2) is 0 Å². The van der Waals surface area contributed by atoms with Crippen molar-refractivity contribution in [1.82, 2.24) is 0 Å². The van der Waals surface area contributed by atoms with Crippen molar-refractivity contribution in [1.29, 1.82) is 0 Å². The Morgan fingerprint density at radius 1 is 0.0600 bits per heavy atom. The Morgan fingerprint density at radius 2 is 0.0800 bits per heavy atom. The molecule has 0 nitrogen and oxygen atoms in total. The number of halogens is 60. The van der Waals surface area contributed by atoms with Gasteiger partial charge >= 0.3 is 124 Å². The minimum atomic E-state index is -14.6. The minimum Gasteiger partial charge on any atom is -0.170 e. The standard InChI is InChI=1S/C40F60/c41-21(42,43)1-2(22(44,45)46)5(25(53,54)55)7(27(59,60)61)3(1,23(47,48)49)9(29(65,66)67)10(30(68,69)70)4(1,24(50,51)52)8(28(62,63)64)6(2,26(56,57)58)12(32(74,75)76)11(5,31(71,72)73)17(37(89,90)91)13(7,33(77,78)79)15(9,35(83,84)85)19(39(95,96)97)16(10,36(86,87)88)14(8,34(80,81)82)18(12,38(92,93)94)20(17,19)40(98,99)100. The van der Waals surface area contributed by atoms with Crippen LogP contribution < -0.4 is 0 Å². The molecule has 60 heteroatoms. The number of hydrogen-bond acceptors (Lipinski definition) is 0. The van der Waals surface area contributed by atoms with Crippen LogP contribution in [0.25, 0.3) is 0 Å². The molecular weight excluding hydrogens is 1620 g/mol. The molecule has 12 saturated carbocycles. The third-order valence-electron chi connectivity index (χ3n) is 25.4. The second-order valence-corrected chi connectivity index (χ2v) is 25.0. The summed E-state index contributed by atoms with van der Waals surface area (Å²) in [6.45, 7) is 0. The summed E-state index contributed by atoms with van der Waals surface area (Å²) in [6, 6.07) is 0. The molecule has 0 aliphatic heterocycles. The van der Waals surface area contributed by atoms with E-state index < -0.39 is 232 Å². The highest BCUT2D eigenvalue weighted by Crippen LogP contribution is 3.44. The molecule has 0 radical (unpaired) electrons. The zero-order valence-electron chi connectivity index (χ0n) is 42.7. The van der Waals surface area contributed by atoms with E-state index in [0.717, 1.165) is 0 Å². The van der Waals surface area contributed by atoms with Crippen LogP contribution >= 0.6 is 0 Å². The molecule has 0 unspecified atom stereocenters. The van der Waals surface area contributed by atoms with E-state index in [1.807, 2.05) is 0 Å². The van der Waals surface area contributed by atoms with Gasteiger partial charge in [0.25, 0.3) is 0 Å². The molecule has 12 fully saturated rings. The highest BCUT2D eigenvalue weighted by Gasteiger charge is 3.59. The Balaban J connectivity index is 2.17. The van der Waals surface area contributed by atoms with Gasteiger partial charge in [0, 0.05) is 0 Å². The first kappa shape index (κ1) is 76.9. The highest BCUT2D eigenvalue weighted by atomic mass is 19.5. The van der Waals surface area contributed by atoms with Gasteiger partial charge in [0.1, 0.15) is 108 Å². The van der Waals surface area contributed by atoms with Gasteiger partial charge in [-0.15, -0.1) is 0 Å². The lowest BCUT2D eigenvalue weighted by Crippen LogP contribution is -2.82. The lowest BCUT2D eigenvalue weighted by atomic mass is 9.35. The topological polar surface area (TPSA) is 0 Å². The van der Waals surface area contributed by atoms with Gasteiger partial charge in [-0.2, -0.15) is 263 Å². The predicted octanol–water partition coefficient (Wildman–Crippen LogP) is 21.1. The predicted molar refractivity (Wildman–Crippen MR) is 170 cm³/mol. The molecule has 12 aliphatic carbocycles. The van der Waals surface area contributed by atoms with Gasteiger partial charge in [0.15, 0.2) is 0 Å². The molecule has 100 heavy (non-hydrogen) atoms. The third-order valence-corrected chi connectivity index (χ3v) is 25.4. The van der Waals surface area contributed by atoms with Gasteiger partial charge in [-0.3, -0.25) is 0 Å². The number of alkyl halides is 60. The Hall–Kier alpha value is -4.20. The molecule has 0 aromatic rings. The molecular formula is C40F60. The van der Waals surface area contributed by atoms with E-state index in [4.69, 9.17) is 0 Å². The summed E-state index contributed by atoms with van der Waals surface area (Å²) in [6.07, 6.45) is -266. The fourth-order valence-corrected chi connectivity index (χ4v) is 29.6. The first-order chi connectivity index (χ1) is 42.5. The summed E-state index contributed by atoms with van der Waals surface area (Å²) >= 11 is 0. The molecule has 12 aliphatic rings. The van der Waals surface area contributed by atoms with Crippen LogP contribution in [0.15, 0.2) is 0 Å².